The molecule has 0 saturated heterocycles. The average molecular weight is 507 g/mol. The zero-order valence-electron chi connectivity index (χ0n) is 19.4. The van der Waals surface area contributed by atoms with Crippen molar-refractivity contribution >= 4 is 40.9 Å². The highest BCUT2D eigenvalue weighted by molar-refractivity contribution is 7.98. The topological polar surface area (TPSA) is 69.0 Å². The Labute approximate surface area is 209 Å². The van der Waals surface area contributed by atoms with Crippen LogP contribution < -0.4 is 10.1 Å². The molecule has 1 amide bonds. The van der Waals surface area contributed by atoms with Crippen molar-refractivity contribution in [2.75, 3.05) is 13.0 Å². The Kier molecular flexibility index (Phi) is 8.32. The molecule has 0 bridgehead atoms. The van der Waals surface area contributed by atoms with Gasteiger partial charge in [0, 0.05) is 16.7 Å². The maximum absolute atomic E-state index is 12.7. The molecule has 6 nitrogen and oxygen atoms in total. The second-order valence-electron chi connectivity index (χ2n) is 8.46. The standard InChI is InChI=1S/C24H28Cl2N4O2S/c1-15-9-10-18(26)12-20(15)30-21(16(2)27-22(31)24(3,4)14-25)28-29-23(30)33-13-17-7-6-8-19(11-17)32-5/h6-12,16H,13-14H2,1-5H3,(H,27,31). The van der Waals surface area contributed by atoms with E-state index in [2.05, 4.69) is 15.5 Å². The molecule has 1 heterocycles. The number of methoxy groups -OCH3 is 1. The van der Waals surface area contributed by atoms with E-state index in [0.29, 0.717) is 21.8 Å². The Morgan fingerprint density at radius 3 is 2.70 bits per heavy atom. The Bertz CT molecular complexity index is 1130. The third-order valence-corrected chi connectivity index (χ3v) is 7.16. The molecule has 1 unspecified atom stereocenters. The van der Waals surface area contributed by atoms with E-state index in [4.69, 9.17) is 27.9 Å². The van der Waals surface area contributed by atoms with Crippen molar-refractivity contribution in [2.24, 2.45) is 5.41 Å². The lowest BCUT2D eigenvalue weighted by atomic mass is 9.95. The molecule has 0 aliphatic heterocycles. The predicted molar refractivity (Wildman–Crippen MR) is 135 cm³/mol. The minimum Gasteiger partial charge on any atom is -0.497 e. The molecular weight excluding hydrogens is 479 g/mol. The van der Waals surface area contributed by atoms with Crippen LogP contribution in [0.5, 0.6) is 5.75 Å². The summed E-state index contributed by atoms with van der Waals surface area (Å²) >= 11 is 13.9. The number of nitrogens with zero attached hydrogens (tertiary/aromatic N) is 3. The highest BCUT2D eigenvalue weighted by Crippen LogP contribution is 2.31. The summed E-state index contributed by atoms with van der Waals surface area (Å²) in [5, 5.41) is 13.2. The first-order valence-electron chi connectivity index (χ1n) is 10.5. The van der Waals surface area contributed by atoms with Gasteiger partial charge in [0.1, 0.15) is 5.75 Å². The summed E-state index contributed by atoms with van der Waals surface area (Å²) < 4.78 is 7.29. The first kappa shape index (κ1) is 25.4. The molecule has 0 saturated carbocycles. The van der Waals surface area contributed by atoms with Crippen LogP contribution in [0.3, 0.4) is 0 Å². The van der Waals surface area contributed by atoms with Crippen LogP contribution in [0.2, 0.25) is 5.02 Å². The third kappa shape index (κ3) is 6.02. The van der Waals surface area contributed by atoms with Crippen molar-refractivity contribution in [3.63, 3.8) is 0 Å². The largest absolute Gasteiger partial charge is 0.497 e. The van der Waals surface area contributed by atoms with E-state index in [-0.39, 0.29) is 11.8 Å². The Hall–Kier alpha value is -2.22. The van der Waals surface area contributed by atoms with Crippen LogP contribution in [-0.2, 0) is 10.5 Å². The van der Waals surface area contributed by atoms with Crippen molar-refractivity contribution in [1.29, 1.82) is 0 Å². The highest BCUT2D eigenvalue weighted by Gasteiger charge is 2.30. The van der Waals surface area contributed by atoms with Crippen molar-refractivity contribution in [1.82, 2.24) is 20.1 Å². The summed E-state index contributed by atoms with van der Waals surface area (Å²) in [6.45, 7) is 7.51. The lowest BCUT2D eigenvalue weighted by Crippen LogP contribution is -2.40. The number of hydrogen-bond donors (Lipinski definition) is 1. The van der Waals surface area contributed by atoms with Gasteiger partial charge in [-0.2, -0.15) is 0 Å². The van der Waals surface area contributed by atoms with E-state index in [1.165, 1.54) is 0 Å². The van der Waals surface area contributed by atoms with Crippen LogP contribution in [0.1, 0.15) is 43.8 Å². The molecule has 0 aliphatic carbocycles. The van der Waals surface area contributed by atoms with Gasteiger partial charge in [-0.3, -0.25) is 9.36 Å². The fourth-order valence-corrected chi connectivity index (χ4v) is 4.31. The summed E-state index contributed by atoms with van der Waals surface area (Å²) in [6.07, 6.45) is 0. The van der Waals surface area contributed by atoms with Crippen LogP contribution in [0.15, 0.2) is 47.6 Å². The Morgan fingerprint density at radius 1 is 1.24 bits per heavy atom. The van der Waals surface area contributed by atoms with Gasteiger partial charge in [0.2, 0.25) is 5.91 Å². The van der Waals surface area contributed by atoms with Crippen molar-refractivity contribution < 1.29 is 9.53 Å². The smallest absolute Gasteiger partial charge is 0.227 e. The predicted octanol–water partition coefficient (Wildman–Crippen LogP) is 5.97. The van der Waals surface area contributed by atoms with Gasteiger partial charge in [-0.15, -0.1) is 21.8 Å². The number of alkyl halides is 1. The maximum Gasteiger partial charge on any atom is 0.227 e. The first-order valence-corrected chi connectivity index (χ1v) is 12.4. The number of aromatic nitrogens is 3. The van der Waals surface area contributed by atoms with Gasteiger partial charge in [0.15, 0.2) is 11.0 Å². The zero-order chi connectivity index (χ0) is 24.2. The average Bonchev–Trinajstić information content (AvgIpc) is 3.23. The minimum atomic E-state index is -0.698. The number of aryl methyl sites for hydroxylation is 1. The number of rotatable bonds is 9. The van der Waals surface area contributed by atoms with E-state index < -0.39 is 11.5 Å². The lowest BCUT2D eigenvalue weighted by Gasteiger charge is -2.24. The molecule has 1 N–H and O–H groups in total. The maximum atomic E-state index is 12.7. The van der Waals surface area contributed by atoms with E-state index >= 15 is 0 Å². The number of ether oxygens (including phenoxy) is 1. The van der Waals surface area contributed by atoms with Gasteiger partial charge in [0.05, 0.1) is 24.3 Å². The third-order valence-electron chi connectivity index (χ3n) is 5.26. The second kappa shape index (κ2) is 10.8. The first-order chi connectivity index (χ1) is 15.7. The normalized spacial score (nSPS) is 12.5. The summed E-state index contributed by atoms with van der Waals surface area (Å²) in [6, 6.07) is 13.2. The summed E-state index contributed by atoms with van der Waals surface area (Å²) in [5.74, 6) is 2.17. The SMILES string of the molecule is COc1cccc(CSc2nnc(C(C)NC(=O)C(C)(C)CCl)n2-c2cc(Cl)ccc2C)c1. The zero-order valence-corrected chi connectivity index (χ0v) is 21.7. The number of thioether (sulfide) groups is 1. The summed E-state index contributed by atoms with van der Waals surface area (Å²) in [7, 11) is 1.65. The molecule has 3 aromatic rings. The number of benzene rings is 2. The molecule has 0 radical (unpaired) electrons. The molecule has 33 heavy (non-hydrogen) atoms. The Balaban J connectivity index is 1.97. The van der Waals surface area contributed by atoms with Crippen molar-refractivity contribution in [2.45, 2.75) is 44.6 Å². The number of carbonyl (C=O) groups excluding carboxylic acids is 1. The quantitative estimate of drug-likeness (QED) is 0.285. The van der Waals surface area contributed by atoms with Gasteiger partial charge in [-0.1, -0.05) is 41.6 Å². The van der Waals surface area contributed by atoms with Crippen molar-refractivity contribution in [3.05, 3.63) is 64.4 Å². The van der Waals surface area contributed by atoms with Gasteiger partial charge in [-0.25, -0.2) is 0 Å². The number of carbonyl (C=O) groups is 1. The van der Waals surface area contributed by atoms with E-state index in [9.17, 15) is 4.79 Å². The number of hydrogen-bond acceptors (Lipinski definition) is 5. The molecule has 9 heteroatoms. The molecule has 0 spiro atoms. The van der Waals surface area contributed by atoms with Crippen LogP contribution in [-0.4, -0.2) is 33.7 Å². The molecule has 0 fully saturated rings. The summed E-state index contributed by atoms with van der Waals surface area (Å²) in [4.78, 5) is 12.7. The fraction of sp³-hybridized carbons (Fsp3) is 0.375. The number of nitrogens with one attached hydrogen (secondary N) is 1. The van der Waals surface area contributed by atoms with E-state index in [1.807, 2.05) is 74.7 Å². The highest BCUT2D eigenvalue weighted by atomic mass is 35.5. The summed E-state index contributed by atoms with van der Waals surface area (Å²) in [5.41, 5.74) is 2.29. The van der Waals surface area contributed by atoms with Gasteiger partial charge >= 0.3 is 0 Å². The Morgan fingerprint density at radius 2 is 2.00 bits per heavy atom. The van der Waals surface area contributed by atoms with Gasteiger partial charge in [-0.05, 0) is 63.1 Å². The fourth-order valence-electron chi connectivity index (χ4n) is 3.13. The van der Waals surface area contributed by atoms with E-state index in [0.717, 1.165) is 22.6 Å². The van der Waals surface area contributed by atoms with Gasteiger partial charge < -0.3 is 10.1 Å². The van der Waals surface area contributed by atoms with Crippen LogP contribution in [0.4, 0.5) is 0 Å². The second-order valence-corrected chi connectivity index (χ2v) is 10.1. The van der Waals surface area contributed by atoms with Crippen LogP contribution >= 0.6 is 35.0 Å². The molecule has 2 aromatic carbocycles. The molecule has 0 aliphatic rings. The lowest BCUT2D eigenvalue weighted by molar-refractivity contribution is -0.129. The van der Waals surface area contributed by atoms with Crippen molar-refractivity contribution in [3.8, 4) is 11.4 Å². The number of halogens is 2. The van der Waals surface area contributed by atoms with Crippen LogP contribution in [0.25, 0.3) is 5.69 Å². The minimum absolute atomic E-state index is 0.145. The van der Waals surface area contributed by atoms with Crippen LogP contribution in [0, 0.1) is 12.3 Å². The monoisotopic (exact) mass is 506 g/mol. The van der Waals surface area contributed by atoms with Gasteiger partial charge in [0.25, 0.3) is 0 Å². The molecular formula is C24H28Cl2N4O2S. The molecule has 1 atom stereocenters. The number of amides is 1. The molecule has 1 aromatic heterocycles. The van der Waals surface area contributed by atoms with E-state index in [1.54, 1.807) is 18.9 Å². The molecule has 3 rings (SSSR count). The molecule has 176 valence electrons.